The van der Waals surface area contributed by atoms with Gasteiger partial charge in [0.15, 0.2) is 11.6 Å². The van der Waals surface area contributed by atoms with Gasteiger partial charge in [-0.05, 0) is 36.6 Å². The Balaban J connectivity index is 1.79. The second kappa shape index (κ2) is 9.48. The Kier molecular flexibility index (Phi) is 6.96. The zero-order valence-electron chi connectivity index (χ0n) is 16.8. The van der Waals surface area contributed by atoms with Crippen molar-refractivity contribution in [3.05, 3.63) is 53.2 Å². The molecule has 1 aromatic heterocycles. The van der Waals surface area contributed by atoms with E-state index in [-0.39, 0.29) is 18.1 Å². The number of nitrogens with zero attached hydrogens (tertiary/aromatic N) is 2. The van der Waals surface area contributed by atoms with Crippen LogP contribution in [0.25, 0.3) is 0 Å². The quantitative estimate of drug-likeness (QED) is 0.628. The number of benzene rings is 1. The van der Waals surface area contributed by atoms with Crippen LogP contribution in [0.2, 0.25) is 0 Å². The van der Waals surface area contributed by atoms with Crippen LogP contribution >= 0.6 is 0 Å². The minimum absolute atomic E-state index is 0.273. The smallest absolute Gasteiger partial charge is 0.301 e. The molecule has 0 radical (unpaired) electrons. The molecule has 0 unspecified atom stereocenters. The Morgan fingerprint density at radius 1 is 1.10 bits per heavy atom. The molecule has 0 saturated carbocycles. The van der Waals surface area contributed by atoms with E-state index < -0.39 is 38.9 Å². The van der Waals surface area contributed by atoms with Crippen LogP contribution in [0.5, 0.6) is 0 Å². The summed E-state index contributed by atoms with van der Waals surface area (Å²) >= 11 is 0. The number of hydrogen-bond donors (Lipinski definition) is 2. The van der Waals surface area contributed by atoms with Gasteiger partial charge in [-0.1, -0.05) is 12.5 Å². The predicted octanol–water partition coefficient (Wildman–Crippen LogP) is 2.89. The zero-order chi connectivity index (χ0) is 22.6. The molecule has 3 rings (SSSR count). The molecule has 166 valence electrons. The fraction of sp³-hybridized carbons (Fsp3) is 0.350. The number of nitrogens with one attached hydrogen (secondary N) is 2. The average Bonchev–Trinajstić information content (AvgIpc) is 2.72. The van der Waals surface area contributed by atoms with Crippen LogP contribution in [-0.4, -0.2) is 42.5 Å². The molecular weight excluding hydrogens is 430 g/mol. The van der Waals surface area contributed by atoms with E-state index in [0.29, 0.717) is 31.5 Å². The van der Waals surface area contributed by atoms with Gasteiger partial charge in [0.25, 0.3) is 0 Å². The number of Topliss-reactive ketones (excluding diaryl/α,β-unsaturated/α-hetero) is 1. The number of hydrogen-bond acceptors (Lipinski definition) is 5. The first-order valence-electron chi connectivity index (χ1n) is 9.69. The lowest BCUT2D eigenvalue weighted by Gasteiger charge is -2.26. The maximum Gasteiger partial charge on any atom is 0.301 e. The Morgan fingerprint density at radius 3 is 2.42 bits per heavy atom. The fourth-order valence-electron chi connectivity index (χ4n) is 3.25. The summed E-state index contributed by atoms with van der Waals surface area (Å²) < 4.78 is 57.5. The number of aromatic nitrogens is 1. The van der Waals surface area contributed by atoms with Gasteiger partial charge < -0.3 is 5.32 Å². The van der Waals surface area contributed by atoms with Gasteiger partial charge >= 0.3 is 10.2 Å². The fourth-order valence-corrected chi connectivity index (χ4v) is 4.56. The van der Waals surface area contributed by atoms with Gasteiger partial charge in [-0.15, -0.1) is 0 Å². The Bertz CT molecular complexity index is 1090. The second-order valence-corrected chi connectivity index (χ2v) is 8.85. The van der Waals surface area contributed by atoms with Gasteiger partial charge in [0.05, 0.1) is 11.3 Å². The Hall–Kier alpha value is -2.92. The van der Waals surface area contributed by atoms with Gasteiger partial charge in [0, 0.05) is 32.6 Å². The van der Waals surface area contributed by atoms with E-state index in [1.807, 2.05) is 0 Å². The lowest BCUT2D eigenvalue weighted by atomic mass is 10.0. The highest BCUT2D eigenvalue weighted by atomic mass is 32.2. The molecule has 0 bridgehead atoms. The number of halogens is 2. The second-order valence-electron chi connectivity index (χ2n) is 7.18. The van der Waals surface area contributed by atoms with Crippen molar-refractivity contribution in [3.63, 3.8) is 0 Å². The van der Waals surface area contributed by atoms with E-state index in [1.54, 1.807) is 0 Å². The minimum Gasteiger partial charge on any atom is -0.311 e. The average molecular weight is 452 g/mol. The van der Waals surface area contributed by atoms with Crippen LogP contribution in [0.15, 0.2) is 30.5 Å². The lowest BCUT2D eigenvalue weighted by Crippen LogP contribution is -2.39. The van der Waals surface area contributed by atoms with Gasteiger partial charge in [0.1, 0.15) is 11.6 Å². The van der Waals surface area contributed by atoms with E-state index in [2.05, 4.69) is 15.0 Å². The summed E-state index contributed by atoms with van der Waals surface area (Å²) in [4.78, 5) is 27.6. The van der Waals surface area contributed by atoms with Crippen LogP contribution in [0.3, 0.4) is 0 Å². The SMILES string of the molecule is CC(=O)Nc1ccc(CC(=O)c2c(F)ccc(NS(=O)(=O)N3CCCCC3)c2F)cn1. The van der Waals surface area contributed by atoms with Crippen molar-refractivity contribution in [1.29, 1.82) is 0 Å². The molecule has 11 heteroatoms. The number of pyridine rings is 1. The van der Waals surface area contributed by atoms with Gasteiger partial charge in [0.2, 0.25) is 5.91 Å². The molecule has 1 aromatic carbocycles. The number of carbonyl (C=O) groups is 2. The molecule has 1 saturated heterocycles. The van der Waals surface area contributed by atoms with Crippen molar-refractivity contribution < 1.29 is 26.8 Å². The van der Waals surface area contributed by atoms with Crippen molar-refractivity contribution in [1.82, 2.24) is 9.29 Å². The van der Waals surface area contributed by atoms with E-state index in [4.69, 9.17) is 0 Å². The number of carbonyl (C=O) groups excluding carboxylic acids is 2. The molecule has 2 heterocycles. The maximum atomic E-state index is 14.9. The number of amides is 1. The van der Waals surface area contributed by atoms with Crippen LogP contribution in [0, 0.1) is 11.6 Å². The topological polar surface area (TPSA) is 108 Å². The lowest BCUT2D eigenvalue weighted by molar-refractivity contribution is -0.114. The monoisotopic (exact) mass is 452 g/mol. The zero-order valence-corrected chi connectivity index (χ0v) is 17.6. The number of rotatable bonds is 7. The third-order valence-corrected chi connectivity index (χ3v) is 6.28. The molecule has 31 heavy (non-hydrogen) atoms. The first-order valence-corrected chi connectivity index (χ1v) is 11.1. The third kappa shape index (κ3) is 5.61. The van der Waals surface area contributed by atoms with Crippen LogP contribution in [0.4, 0.5) is 20.3 Å². The highest BCUT2D eigenvalue weighted by Crippen LogP contribution is 2.25. The number of anilines is 2. The molecule has 1 fully saturated rings. The van der Waals surface area contributed by atoms with E-state index in [1.165, 1.54) is 29.6 Å². The van der Waals surface area contributed by atoms with Crippen molar-refractivity contribution in [2.45, 2.75) is 32.6 Å². The summed E-state index contributed by atoms with van der Waals surface area (Å²) in [5.74, 6) is -3.28. The highest BCUT2D eigenvalue weighted by molar-refractivity contribution is 7.90. The van der Waals surface area contributed by atoms with E-state index in [9.17, 15) is 26.8 Å². The molecule has 0 spiro atoms. The van der Waals surface area contributed by atoms with Crippen molar-refractivity contribution in [2.75, 3.05) is 23.1 Å². The highest BCUT2D eigenvalue weighted by Gasteiger charge is 2.27. The molecule has 0 aliphatic carbocycles. The van der Waals surface area contributed by atoms with Crippen molar-refractivity contribution >= 4 is 33.4 Å². The molecule has 0 atom stereocenters. The minimum atomic E-state index is -4.02. The summed E-state index contributed by atoms with van der Waals surface area (Å²) in [7, 11) is -4.02. The molecular formula is C20H22F2N4O4S. The van der Waals surface area contributed by atoms with E-state index in [0.717, 1.165) is 18.6 Å². The van der Waals surface area contributed by atoms with Crippen molar-refractivity contribution in [3.8, 4) is 0 Å². The summed E-state index contributed by atoms with van der Waals surface area (Å²) in [6.45, 7) is 1.94. The standard InChI is InChI=1S/C20H22F2N4O4S/c1-13(27)24-18-8-5-14(12-23-18)11-17(28)19-15(21)6-7-16(20(19)22)25-31(29,30)26-9-3-2-4-10-26/h5-8,12,25H,2-4,9-11H2,1H3,(H,23,24,27). The molecule has 2 aromatic rings. The molecule has 1 amide bonds. The molecule has 1 aliphatic rings. The predicted molar refractivity (Wildman–Crippen MR) is 111 cm³/mol. The van der Waals surface area contributed by atoms with Gasteiger partial charge in [-0.25, -0.2) is 13.8 Å². The molecule has 8 nitrogen and oxygen atoms in total. The summed E-state index contributed by atoms with van der Waals surface area (Å²) in [6.07, 6.45) is 3.26. The normalized spacial score (nSPS) is 14.8. The Labute approximate surface area is 178 Å². The van der Waals surface area contributed by atoms with Crippen LogP contribution in [-0.2, 0) is 21.4 Å². The molecule has 2 N–H and O–H groups in total. The van der Waals surface area contributed by atoms with Crippen molar-refractivity contribution in [2.24, 2.45) is 0 Å². The number of ketones is 1. The Morgan fingerprint density at radius 2 is 1.81 bits per heavy atom. The number of piperidine rings is 1. The summed E-state index contributed by atoms with van der Waals surface area (Å²) in [6, 6.07) is 4.75. The first kappa shape index (κ1) is 22.8. The van der Waals surface area contributed by atoms with Gasteiger partial charge in [-0.2, -0.15) is 12.7 Å². The summed E-state index contributed by atoms with van der Waals surface area (Å²) in [5, 5.41) is 2.47. The maximum absolute atomic E-state index is 14.9. The van der Waals surface area contributed by atoms with Gasteiger partial charge in [-0.3, -0.25) is 14.3 Å². The first-order chi connectivity index (χ1) is 14.7. The largest absolute Gasteiger partial charge is 0.311 e. The van der Waals surface area contributed by atoms with E-state index >= 15 is 0 Å². The van der Waals surface area contributed by atoms with Crippen LogP contribution in [0.1, 0.15) is 42.1 Å². The molecule has 1 aliphatic heterocycles. The third-order valence-electron chi connectivity index (χ3n) is 4.76. The van der Waals surface area contributed by atoms with Crippen LogP contribution < -0.4 is 10.0 Å². The summed E-state index contributed by atoms with van der Waals surface area (Å²) in [5.41, 5.74) is -0.948.